The Morgan fingerprint density at radius 2 is 2.05 bits per heavy atom. The van der Waals surface area contributed by atoms with Gasteiger partial charge in [-0.1, -0.05) is 18.2 Å². The van der Waals surface area contributed by atoms with Crippen LogP contribution in [0.4, 0.5) is 0 Å². The Bertz CT molecular complexity index is 555. The second-order valence-electron chi connectivity index (χ2n) is 4.18. The van der Waals surface area contributed by atoms with Gasteiger partial charge < -0.3 is 10.1 Å². The number of para-hydroxylation sites is 1. The summed E-state index contributed by atoms with van der Waals surface area (Å²) in [7, 11) is 1.55. The largest absolute Gasteiger partial charge is 0.496 e. The van der Waals surface area contributed by atoms with Crippen LogP contribution in [0.25, 0.3) is 0 Å². The molecule has 1 atom stereocenters. The quantitative estimate of drug-likeness (QED) is 0.914. The summed E-state index contributed by atoms with van der Waals surface area (Å²) in [5, 5.41) is 2.93. The van der Waals surface area contributed by atoms with Crippen LogP contribution < -0.4 is 10.1 Å². The summed E-state index contributed by atoms with van der Waals surface area (Å²) in [5.74, 6) is 0.409. The maximum absolute atomic E-state index is 12.2. The van der Waals surface area contributed by atoms with Gasteiger partial charge in [0.05, 0.1) is 18.7 Å². The van der Waals surface area contributed by atoms with Gasteiger partial charge in [-0.05, 0) is 30.7 Å². The predicted molar refractivity (Wildman–Crippen MR) is 73.1 cm³/mol. The molecule has 0 fully saturated rings. The topological polar surface area (TPSA) is 51.2 Å². The molecule has 4 heteroatoms. The van der Waals surface area contributed by atoms with E-state index in [0.29, 0.717) is 11.3 Å². The van der Waals surface area contributed by atoms with E-state index in [2.05, 4.69) is 10.3 Å². The van der Waals surface area contributed by atoms with Gasteiger partial charge in [0.2, 0.25) is 0 Å². The van der Waals surface area contributed by atoms with Crippen LogP contribution in [0, 0.1) is 0 Å². The number of pyridine rings is 1. The summed E-state index contributed by atoms with van der Waals surface area (Å²) in [6, 6.07) is 10.8. The van der Waals surface area contributed by atoms with E-state index in [1.807, 2.05) is 31.2 Å². The normalized spacial score (nSPS) is 11.7. The number of nitrogens with zero attached hydrogens (tertiary/aromatic N) is 1. The highest BCUT2D eigenvalue weighted by Crippen LogP contribution is 2.18. The molecule has 0 saturated carbocycles. The van der Waals surface area contributed by atoms with Crippen LogP contribution in [0.5, 0.6) is 5.75 Å². The van der Waals surface area contributed by atoms with Gasteiger partial charge >= 0.3 is 0 Å². The van der Waals surface area contributed by atoms with Crippen molar-refractivity contribution in [3.8, 4) is 5.75 Å². The van der Waals surface area contributed by atoms with Crippen molar-refractivity contribution >= 4 is 5.91 Å². The summed E-state index contributed by atoms with van der Waals surface area (Å²) >= 11 is 0. The van der Waals surface area contributed by atoms with Crippen molar-refractivity contribution in [1.82, 2.24) is 10.3 Å². The molecule has 0 saturated heterocycles. The summed E-state index contributed by atoms with van der Waals surface area (Å²) in [4.78, 5) is 16.2. The number of carbonyl (C=O) groups is 1. The average molecular weight is 256 g/mol. The second-order valence-corrected chi connectivity index (χ2v) is 4.18. The Morgan fingerprint density at radius 3 is 2.74 bits per heavy atom. The zero-order chi connectivity index (χ0) is 13.7. The minimum atomic E-state index is -0.159. The fourth-order valence-corrected chi connectivity index (χ4v) is 1.82. The van der Waals surface area contributed by atoms with E-state index >= 15 is 0 Å². The van der Waals surface area contributed by atoms with Crippen LogP contribution in [0.3, 0.4) is 0 Å². The van der Waals surface area contributed by atoms with Crippen molar-refractivity contribution in [3.05, 3.63) is 59.9 Å². The van der Waals surface area contributed by atoms with Crippen molar-refractivity contribution in [2.45, 2.75) is 13.0 Å². The Balaban J connectivity index is 2.13. The van der Waals surface area contributed by atoms with E-state index in [1.165, 1.54) is 0 Å². The Labute approximate surface area is 112 Å². The van der Waals surface area contributed by atoms with Crippen molar-refractivity contribution in [1.29, 1.82) is 0 Å². The van der Waals surface area contributed by atoms with Crippen molar-refractivity contribution in [3.63, 3.8) is 0 Å². The molecule has 1 unspecified atom stereocenters. The molecular weight excluding hydrogens is 240 g/mol. The lowest BCUT2D eigenvalue weighted by atomic mass is 10.1. The maximum atomic E-state index is 12.2. The summed E-state index contributed by atoms with van der Waals surface area (Å²) in [5.41, 5.74) is 1.49. The molecule has 1 heterocycles. The third kappa shape index (κ3) is 3.10. The number of aromatic nitrogens is 1. The van der Waals surface area contributed by atoms with Crippen LogP contribution in [0.15, 0.2) is 48.8 Å². The monoisotopic (exact) mass is 256 g/mol. The third-order valence-electron chi connectivity index (χ3n) is 2.88. The van der Waals surface area contributed by atoms with E-state index in [-0.39, 0.29) is 11.9 Å². The highest BCUT2D eigenvalue weighted by molar-refractivity contribution is 5.97. The molecule has 0 radical (unpaired) electrons. The minimum Gasteiger partial charge on any atom is -0.496 e. The Hall–Kier alpha value is -2.36. The van der Waals surface area contributed by atoms with Gasteiger partial charge in [0.15, 0.2) is 0 Å². The van der Waals surface area contributed by atoms with E-state index < -0.39 is 0 Å². The van der Waals surface area contributed by atoms with Crippen LogP contribution in [0.1, 0.15) is 28.9 Å². The number of nitrogens with one attached hydrogen (secondary N) is 1. The third-order valence-corrected chi connectivity index (χ3v) is 2.88. The highest BCUT2D eigenvalue weighted by Gasteiger charge is 2.14. The van der Waals surface area contributed by atoms with Crippen molar-refractivity contribution < 1.29 is 9.53 Å². The molecule has 98 valence electrons. The van der Waals surface area contributed by atoms with Gasteiger partial charge in [-0.25, -0.2) is 0 Å². The van der Waals surface area contributed by atoms with Crippen LogP contribution >= 0.6 is 0 Å². The lowest BCUT2D eigenvalue weighted by Gasteiger charge is -2.15. The second kappa shape index (κ2) is 6.00. The number of amides is 1. The molecule has 2 aromatic rings. The number of carbonyl (C=O) groups excluding carboxylic acids is 1. The zero-order valence-corrected chi connectivity index (χ0v) is 11.0. The first-order chi connectivity index (χ1) is 9.22. The molecule has 0 bridgehead atoms. The molecule has 1 amide bonds. The summed E-state index contributed by atoms with van der Waals surface area (Å²) in [6.07, 6.45) is 3.45. The van der Waals surface area contributed by atoms with Gasteiger partial charge in [-0.2, -0.15) is 0 Å². The average Bonchev–Trinajstić information content (AvgIpc) is 2.48. The molecule has 1 aromatic carbocycles. The zero-order valence-electron chi connectivity index (χ0n) is 11.0. The summed E-state index contributed by atoms with van der Waals surface area (Å²) in [6.45, 7) is 1.92. The number of benzene rings is 1. The molecule has 4 nitrogen and oxygen atoms in total. The fourth-order valence-electron chi connectivity index (χ4n) is 1.82. The molecule has 0 aliphatic carbocycles. The smallest absolute Gasteiger partial charge is 0.255 e. The van der Waals surface area contributed by atoms with E-state index in [9.17, 15) is 4.79 Å². The summed E-state index contributed by atoms with van der Waals surface area (Å²) < 4.78 is 5.18. The van der Waals surface area contributed by atoms with Crippen molar-refractivity contribution in [2.24, 2.45) is 0 Å². The van der Waals surface area contributed by atoms with Crippen molar-refractivity contribution in [2.75, 3.05) is 7.11 Å². The Kier molecular flexibility index (Phi) is 4.13. The molecule has 19 heavy (non-hydrogen) atoms. The molecule has 2 rings (SSSR count). The standard InChI is InChI=1S/C15H16N2O2/c1-11(12-6-5-9-16-10-12)17-15(18)13-7-3-4-8-14(13)19-2/h3-11H,1-2H3,(H,17,18). The first-order valence-corrected chi connectivity index (χ1v) is 6.06. The predicted octanol–water partition coefficient (Wildman–Crippen LogP) is 2.58. The molecular formula is C15H16N2O2. The lowest BCUT2D eigenvalue weighted by Crippen LogP contribution is -2.27. The molecule has 0 aliphatic rings. The number of ether oxygens (including phenoxy) is 1. The van der Waals surface area contributed by atoms with Crippen LogP contribution in [-0.2, 0) is 0 Å². The molecule has 0 aliphatic heterocycles. The van der Waals surface area contributed by atoms with Gasteiger partial charge in [0.1, 0.15) is 5.75 Å². The molecule has 1 N–H and O–H groups in total. The molecule has 1 aromatic heterocycles. The SMILES string of the molecule is COc1ccccc1C(=O)NC(C)c1cccnc1. The van der Waals surface area contributed by atoms with Crippen LogP contribution in [0.2, 0.25) is 0 Å². The van der Waals surface area contributed by atoms with E-state index in [4.69, 9.17) is 4.74 Å². The van der Waals surface area contributed by atoms with Crippen LogP contribution in [-0.4, -0.2) is 18.0 Å². The van der Waals surface area contributed by atoms with E-state index in [0.717, 1.165) is 5.56 Å². The van der Waals surface area contributed by atoms with Gasteiger partial charge in [-0.3, -0.25) is 9.78 Å². The Morgan fingerprint density at radius 1 is 1.26 bits per heavy atom. The first-order valence-electron chi connectivity index (χ1n) is 6.06. The lowest BCUT2D eigenvalue weighted by molar-refractivity contribution is 0.0937. The first kappa shape index (κ1) is 13.1. The van der Waals surface area contributed by atoms with Gasteiger partial charge in [0, 0.05) is 12.4 Å². The number of methoxy groups -OCH3 is 1. The highest BCUT2D eigenvalue weighted by atomic mass is 16.5. The van der Waals surface area contributed by atoms with Gasteiger partial charge in [-0.15, -0.1) is 0 Å². The number of rotatable bonds is 4. The minimum absolute atomic E-state index is 0.105. The number of hydrogen-bond acceptors (Lipinski definition) is 3. The maximum Gasteiger partial charge on any atom is 0.255 e. The van der Waals surface area contributed by atoms with E-state index in [1.54, 1.807) is 31.6 Å². The fraction of sp³-hybridized carbons (Fsp3) is 0.200. The molecule has 0 spiro atoms. The van der Waals surface area contributed by atoms with Gasteiger partial charge in [0.25, 0.3) is 5.91 Å². The number of hydrogen-bond donors (Lipinski definition) is 1.